The Morgan fingerprint density at radius 2 is 2.40 bits per heavy atom. The predicted octanol–water partition coefficient (Wildman–Crippen LogP) is 1.52. The van der Waals surface area contributed by atoms with E-state index < -0.39 is 0 Å². The van der Waals surface area contributed by atoms with Crippen LogP contribution in [0.2, 0.25) is 0 Å². The number of carbonyl (C=O) groups excluding carboxylic acids is 1. The van der Waals surface area contributed by atoms with Crippen molar-refractivity contribution in [2.75, 3.05) is 25.0 Å². The number of carbonyl (C=O) groups is 1. The molecule has 1 aromatic rings. The molecular formula is C15H21N3O2. The topological polar surface area (TPSA) is 54.5 Å². The van der Waals surface area contributed by atoms with Crippen molar-refractivity contribution in [3.8, 4) is 0 Å². The summed E-state index contributed by atoms with van der Waals surface area (Å²) in [6.07, 6.45) is 3.81. The summed E-state index contributed by atoms with van der Waals surface area (Å²) in [6.45, 7) is 4.83. The molecule has 3 heterocycles. The molecule has 2 fully saturated rings. The maximum Gasteiger partial charge on any atom is 0.323 e. The Kier molecular flexibility index (Phi) is 3.87. The number of ether oxygens (including phenoxy) is 1. The van der Waals surface area contributed by atoms with Gasteiger partial charge in [0.15, 0.2) is 0 Å². The first-order valence-electron chi connectivity index (χ1n) is 7.32. The summed E-state index contributed by atoms with van der Waals surface area (Å²) in [5, 5.41) is 3.36. The van der Waals surface area contributed by atoms with Gasteiger partial charge in [0.2, 0.25) is 0 Å². The summed E-state index contributed by atoms with van der Waals surface area (Å²) < 4.78 is 5.24. The summed E-state index contributed by atoms with van der Waals surface area (Å²) in [6, 6.07) is 5.84. The number of esters is 1. The number of nitrogens with zero attached hydrogens (tertiary/aromatic N) is 2. The molecule has 2 aliphatic heterocycles. The molecule has 108 valence electrons. The average Bonchev–Trinajstić information content (AvgIpc) is 3.04. The maximum absolute atomic E-state index is 11.8. The minimum atomic E-state index is -0.0455. The molecule has 0 bridgehead atoms. The second-order valence-electron chi connectivity index (χ2n) is 5.74. The quantitative estimate of drug-likeness (QED) is 0.844. The van der Waals surface area contributed by atoms with E-state index in [0.717, 1.165) is 38.3 Å². The summed E-state index contributed by atoms with van der Waals surface area (Å²) in [4.78, 5) is 18.3. The summed E-state index contributed by atoms with van der Waals surface area (Å²) in [5.41, 5.74) is 0. The van der Waals surface area contributed by atoms with Gasteiger partial charge in [-0.3, -0.25) is 9.69 Å². The van der Waals surface area contributed by atoms with E-state index in [1.54, 1.807) is 6.20 Å². The number of aromatic nitrogens is 1. The molecule has 0 saturated carbocycles. The Bertz CT molecular complexity index is 465. The van der Waals surface area contributed by atoms with Gasteiger partial charge in [0.25, 0.3) is 0 Å². The van der Waals surface area contributed by atoms with Crippen LogP contribution in [0.25, 0.3) is 0 Å². The van der Waals surface area contributed by atoms with E-state index in [4.69, 9.17) is 4.74 Å². The van der Waals surface area contributed by atoms with Gasteiger partial charge in [0, 0.05) is 25.7 Å². The number of likely N-dealkylation sites (tertiary alicyclic amines) is 1. The van der Waals surface area contributed by atoms with Gasteiger partial charge in [0.05, 0.1) is 0 Å². The van der Waals surface area contributed by atoms with Crippen LogP contribution in [0.15, 0.2) is 24.4 Å². The van der Waals surface area contributed by atoms with Crippen molar-refractivity contribution in [3.05, 3.63) is 24.4 Å². The molecule has 2 saturated heterocycles. The van der Waals surface area contributed by atoms with Gasteiger partial charge < -0.3 is 10.1 Å². The fourth-order valence-electron chi connectivity index (χ4n) is 3.06. The zero-order chi connectivity index (χ0) is 13.9. The molecule has 2 aliphatic rings. The van der Waals surface area contributed by atoms with Gasteiger partial charge in [-0.05, 0) is 37.9 Å². The molecule has 5 nitrogen and oxygen atoms in total. The molecule has 0 spiro atoms. The first-order chi connectivity index (χ1) is 9.72. The van der Waals surface area contributed by atoms with Crippen LogP contribution in [0, 0.1) is 5.92 Å². The molecule has 3 rings (SSSR count). The summed E-state index contributed by atoms with van der Waals surface area (Å²) >= 11 is 0. The highest BCUT2D eigenvalue weighted by Crippen LogP contribution is 2.26. The van der Waals surface area contributed by atoms with Crippen LogP contribution in [0.5, 0.6) is 0 Å². The Morgan fingerprint density at radius 1 is 1.50 bits per heavy atom. The summed E-state index contributed by atoms with van der Waals surface area (Å²) in [7, 11) is 0. The zero-order valence-corrected chi connectivity index (χ0v) is 11.8. The molecule has 0 aromatic carbocycles. The second-order valence-corrected chi connectivity index (χ2v) is 5.74. The molecule has 0 amide bonds. The zero-order valence-electron chi connectivity index (χ0n) is 11.8. The number of nitrogens with one attached hydrogen (secondary N) is 1. The lowest BCUT2D eigenvalue weighted by atomic mass is 10.1. The van der Waals surface area contributed by atoms with Crippen molar-refractivity contribution in [1.29, 1.82) is 0 Å². The first-order valence-corrected chi connectivity index (χ1v) is 7.32. The number of anilines is 1. The highest BCUT2D eigenvalue weighted by molar-refractivity contribution is 5.78. The highest BCUT2D eigenvalue weighted by atomic mass is 16.6. The summed E-state index contributed by atoms with van der Waals surface area (Å²) in [5.74, 6) is 1.44. The van der Waals surface area contributed by atoms with Gasteiger partial charge in [-0.2, -0.15) is 0 Å². The number of rotatable bonds is 4. The van der Waals surface area contributed by atoms with Crippen molar-refractivity contribution in [2.24, 2.45) is 5.92 Å². The lowest BCUT2D eigenvalue weighted by Gasteiger charge is -2.20. The number of hydrogen-bond donors (Lipinski definition) is 1. The number of pyridine rings is 1. The van der Waals surface area contributed by atoms with Gasteiger partial charge in [-0.25, -0.2) is 4.98 Å². The molecule has 20 heavy (non-hydrogen) atoms. The molecule has 1 aromatic heterocycles. The van der Waals surface area contributed by atoms with Crippen molar-refractivity contribution in [3.63, 3.8) is 0 Å². The van der Waals surface area contributed by atoms with Gasteiger partial charge >= 0.3 is 5.97 Å². The van der Waals surface area contributed by atoms with Crippen LogP contribution in [-0.2, 0) is 9.53 Å². The van der Waals surface area contributed by atoms with Crippen LogP contribution in [0.1, 0.15) is 19.8 Å². The van der Waals surface area contributed by atoms with Crippen molar-refractivity contribution >= 4 is 11.8 Å². The molecular weight excluding hydrogens is 254 g/mol. The normalized spacial score (nSPS) is 30.4. The minimum absolute atomic E-state index is 0.0233. The van der Waals surface area contributed by atoms with Gasteiger partial charge in [0.1, 0.15) is 18.0 Å². The molecule has 3 unspecified atom stereocenters. The smallest absolute Gasteiger partial charge is 0.323 e. The standard InChI is InChI=1S/C15H21N3O2/c1-11-8-13(15(19)20-11)18-7-5-12(10-18)9-17-14-4-2-3-6-16-14/h2-4,6,11-13H,5,7-10H2,1H3,(H,16,17). The molecule has 3 atom stereocenters. The van der Waals surface area contributed by atoms with E-state index in [0.29, 0.717) is 5.92 Å². The molecule has 1 N–H and O–H groups in total. The Balaban J connectivity index is 1.49. The number of hydrogen-bond acceptors (Lipinski definition) is 5. The third kappa shape index (κ3) is 2.93. The minimum Gasteiger partial charge on any atom is -0.461 e. The number of cyclic esters (lactones) is 1. The fraction of sp³-hybridized carbons (Fsp3) is 0.600. The SMILES string of the molecule is CC1CC(N2CCC(CNc3ccccn3)C2)C(=O)O1. The van der Waals surface area contributed by atoms with Crippen molar-refractivity contribution in [2.45, 2.75) is 31.9 Å². The molecule has 0 aliphatic carbocycles. The predicted molar refractivity (Wildman–Crippen MR) is 76.4 cm³/mol. The van der Waals surface area contributed by atoms with E-state index in [9.17, 15) is 4.79 Å². The van der Waals surface area contributed by atoms with Crippen molar-refractivity contribution in [1.82, 2.24) is 9.88 Å². The van der Waals surface area contributed by atoms with Gasteiger partial charge in [-0.1, -0.05) is 6.07 Å². The third-order valence-electron chi connectivity index (χ3n) is 4.14. The maximum atomic E-state index is 11.8. The van der Waals surface area contributed by atoms with Crippen LogP contribution in [0.3, 0.4) is 0 Å². The Labute approximate surface area is 119 Å². The third-order valence-corrected chi connectivity index (χ3v) is 4.14. The first kappa shape index (κ1) is 13.4. The van der Waals surface area contributed by atoms with E-state index in [1.807, 2.05) is 25.1 Å². The van der Waals surface area contributed by atoms with Gasteiger partial charge in [-0.15, -0.1) is 0 Å². The largest absolute Gasteiger partial charge is 0.461 e. The lowest BCUT2D eigenvalue weighted by Crippen LogP contribution is -2.37. The van der Waals surface area contributed by atoms with Crippen LogP contribution < -0.4 is 5.32 Å². The monoisotopic (exact) mass is 275 g/mol. The lowest BCUT2D eigenvalue weighted by molar-refractivity contribution is -0.144. The average molecular weight is 275 g/mol. The Morgan fingerprint density at radius 3 is 3.10 bits per heavy atom. The second kappa shape index (κ2) is 5.79. The van der Waals surface area contributed by atoms with Crippen LogP contribution in [0.4, 0.5) is 5.82 Å². The van der Waals surface area contributed by atoms with E-state index in [1.165, 1.54) is 0 Å². The van der Waals surface area contributed by atoms with E-state index in [-0.39, 0.29) is 18.1 Å². The van der Waals surface area contributed by atoms with Crippen LogP contribution in [-0.4, -0.2) is 47.6 Å². The molecule has 0 radical (unpaired) electrons. The van der Waals surface area contributed by atoms with E-state index in [2.05, 4.69) is 15.2 Å². The Hall–Kier alpha value is -1.62. The fourth-order valence-corrected chi connectivity index (χ4v) is 3.06. The molecule has 5 heteroatoms. The van der Waals surface area contributed by atoms with Crippen LogP contribution >= 0.6 is 0 Å². The highest BCUT2D eigenvalue weighted by Gasteiger charge is 2.39. The van der Waals surface area contributed by atoms with Crippen molar-refractivity contribution < 1.29 is 9.53 Å². The van der Waals surface area contributed by atoms with E-state index >= 15 is 0 Å².